The van der Waals surface area contributed by atoms with Crippen LogP contribution in [-0.2, 0) is 17.6 Å². The first-order valence-electron chi connectivity index (χ1n) is 6.62. The summed E-state index contributed by atoms with van der Waals surface area (Å²) in [5.74, 6) is 0.742. The zero-order valence-corrected chi connectivity index (χ0v) is 12.7. The number of fused-ring (bicyclic) bond motifs is 1. The summed E-state index contributed by atoms with van der Waals surface area (Å²) < 4.78 is 5.44. The van der Waals surface area contributed by atoms with Crippen LogP contribution in [0.1, 0.15) is 11.1 Å². The molecule has 0 unspecified atom stereocenters. The average Bonchev–Trinajstić information content (AvgIpc) is 2.90. The van der Waals surface area contributed by atoms with Gasteiger partial charge in [-0.25, -0.2) is 0 Å². The van der Waals surface area contributed by atoms with Crippen molar-refractivity contribution in [2.45, 2.75) is 12.8 Å². The standard InChI is InChI=1S/C16H13Cl2NO2/c17-13-2-1-3-14(18)12(13)9-16(20)19-11-4-5-15-10(8-11)6-7-21-15/h1-5,8H,6-7,9H2,(H,19,20). The summed E-state index contributed by atoms with van der Waals surface area (Å²) in [4.78, 5) is 12.1. The second-order valence-corrected chi connectivity index (χ2v) is 5.66. The Hall–Kier alpha value is -1.71. The van der Waals surface area contributed by atoms with Crippen molar-refractivity contribution in [3.63, 3.8) is 0 Å². The highest BCUT2D eigenvalue weighted by Crippen LogP contribution is 2.28. The molecule has 2 aromatic rings. The van der Waals surface area contributed by atoms with Crippen LogP contribution in [-0.4, -0.2) is 12.5 Å². The maximum absolute atomic E-state index is 12.1. The van der Waals surface area contributed by atoms with Gasteiger partial charge in [-0.05, 0) is 41.5 Å². The fraction of sp³-hybridized carbons (Fsp3) is 0.188. The minimum Gasteiger partial charge on any atom is -0.493 e. The number of amides is 1. The van der Waals surface area contributed by atoms with Crippen molar-refractivity contribution in [1.82, 2.24) is 0 Å². The van der Waals surface area contributed by atoms with Gasteiger partial charge in [-0.1, -0.05) is 29.3 Å². The summed E-state index contributed by atoms with van der Waals surface area (Å²) in [6.07, 6.45) is 1.02. The molecule has 1 aliphatic rings. The molecule has 0 saturated carbocycles. The quantitative estimate of drug-likeness (QED) is 0.923. The molecule has 0 aromatic heterocycles. The van der Waals surface area contributed by atoms with Gasteiger partial charge in [0.1, 0.15) is 5.75 Å². The minimum atomic E-state index is -0.149. The Morgan fingerprint density at radius 3 is 2.71 bits per heavy atom. The van der Waals surface area contributed by atoms with E-state index in [1.54, 1.807) is 18.2 Å². The van der Waals surface area contributed by atoms with E-state index in [1.165, 1.54) is 0 Å². The second-order valence-electron chi connectivity index (χ2n) is 4.85. The van der Waals surface area contributed by atoms with E-state index in [0.717, 1.165) is 23.4 Å². The molecule has 3 nitrogen and oxygen atoms in total. The fourth-order valence-electron chi connectivity index (χ4n) is 2.33. The van der Waals surface area contributed by atoms with E-state index in [1.807, 2.05) is 18.2 Å². The largest absolute Gasteiger partial charge is 0.493 e. The van der Waals surface area contributed by atoms with Gasteiger partial charge in [0.05, 0.1) is 13.0 Å². The lowest BCUT2D eigenvalue weighted by molar-refractivity contribution is -0.115. The van der Waals surface area contributed by atoms with Crippen LogP contribution in [0.15, 0.2) is 36.4 Å². The number of hydrogen-bond acceptors (Lipinski definition) is 2. The SMILES string of the molecule is O=C(Cc1c(Cl)cccc1Cl)Nc1ccc2c(c1)CCO2. The van der Waals surface area contributed by atoms with Crippen molar-refractivity contribution in [3.05, 3.63) is 57.6 Å². The number of carbonyl (C=O) groups is 1. The van der Waals surface area contributed by atoms with E-state index >= 15 is 0 Å². The molecule has 1 N–H and O–H groups in total. The van der Waals surface area contributed by atoms with Crippen LogP contribution in [0.3, 0.4) is 0 Å². The molecular formula is C16H13Cl2NO2. The summed E-state index contributed by atoms with van der Waals surface area (Å²) in [6.45, 7) is 0.696. The Morgan fingerprint density at radius 2 is 1.95 bits per heavy atom. The number of anilines is 1. The summed E-state index contributed by atoms with van der Waals surface area (Å²) >= 11 is 12.1. The molecule has 3 rings (SSSR count). The van der Waals surface area contributed by atoms with Crippen LogP contribution in [0.2, 0.25) is 10.0 Å². The first-order chi connectivity index (χ1) is 10.1. The summed E-state index contributed by atoms with van der Waals surface area (Å²) in [5, 5.41) is 3.86. The lowest BCUT2D eigenvalue weighted by atomic mass is 10.1. The van der Waals surface area contributed by atoms with Gasteiger partial charge in [0, 0.05) is 22.2 Å². The molecule has 1 heterocycles. The van der Waals surface area contributed by atoms with Gasteiger partial charge in [0.15, 0.2) is 0 Å². The average molecular weight is 322 g/mol. The third-order valence-electron chi connectivity index (χ3n) is 3.37. The van der Waals surface area contributed by atoms with Crippen molar-refractivity contribution in [3.8, 4) is 5.75 Å². The van der Waals surface area contributed by atoms with E-state index in [2.05, 4.69) is 5.32 Å². The van der Waals surface area contributed by atoms with Gasteiger partial charge in [0.2, 0.25) is 5.91 Å². The summed E-state index contributed by atoms with van der Waals surface area (Å²) in [7, 11) is 0. The molecule has 5 heteroatoms. The third-order valence-corrected chi connectivity index (χ3v) is 4.08. The van der Waals surface area contributed by atoms with Gasteiger partial charge >= 0.3 is 0 Å². The van der Waals surface area contributed by atoms with Crippen molar-refractivity contribution < 1.29 is 9.53 Å². The molecule has 0 saturated heterocycles. The number of nitrogens with one attached hydrogen (secondary N) is 1. The molecule has 0 atom stereocenters. The number of hydrogen-bond donors (Lipinski definition) is 1. The number of ether oxygens (including phenoxy) is 1. The van der Waals surface area contributed by atoms with E-state index in [0.29, 0.717) is 22.2 Å². The number of carbonyl (C=O) groups excluding carboxylic acids is 1. The lowest BCUT2D eigenvalue weighted by Gasteiger charge is -2.09. The first kappa shape index (κ1) is 14.2. The maximum atomic E-state index is 12.1. The van der Waals surface area contributed by atoms with Crippen LogP contribution in [0, 0.1) is 0 Å². The monoisotopic (exact) mass is 321 g/mol. The van der Waals surface area contributed by atoms with Crippen molar-refractivity contribution in [1.29, 1.82) is 0 Å². The smallest absolute Gasteiger partial charge is 0.228 e. The highest BCUT2D eigenvalue weighted by Gasteiger charge is 2.14. The molecule has 1 amide bonds. The molecule has 21 heavy (non-hydrogen) atoms. The number of rotatable bonds is 3. The van der Waals surface area contributed by atoms with Crippen LogP contribution < -0.4 is 10.1 Å². The van der Waals surface area contributed by atoms with Crippen molar-refractivity contribution in [2.24, 2.45) is 0 Å². The topological polar surface area (TPSA) is 38.3 Å². The van der Waals surface area contributed by atoms with Crippen LogP contribution in [0.5, 0.6) is 5.75 Å². The lowest BCUT2D eigenvalue weighted by Crippen LogP contribution is -2.15. The third kappa shape index (κ3) is 3.14. The zero-order chi connectivity index (χ0) is 14.8. The second kappa shape index (κ2) is 5.96. The van der Waals surface area contributed by atoms with Gasteiger partial charge in [-0.3, -0.25) is 4.79 Å². The van der Waals surface area contributed by atoms with Crippen molar-refractivity contribution >= 4 is 34.8 Å². The van der Waals surface area contributed by atoms with E-state index in [9.17, 15) is 4.79 Å². The zero-order valence-electron chi connectivity index (χ0n) is 11.2. The molecule has 2 aromatic carbocycles. The molecule has 108 valence electrons. The predicted molar refractivity (Wildman–Crippen MR) is 84.4 cm³/mol. The van der Waals surface area contributed by atoms with Gasteiger partial charge < -0.3 is 10.1 Å². The van der Waals surface area contributed by atoms with Gasteiger partial charge in [0.25, 0.3) is 0 Å². The number of halogens is 2. The van der Waals surface area contributed by atoms with E-state index in [4.69, 9.17) is 27.9 Å². The fourth-order valence-corrected chi connectivity index (χ4v) is 2.86. The van der Waals surface area contributed by atoms with Crippen LogP contribution in [0.4, 0.5) is 5.69 Å². The molecule has 0 fully saturated rings. The highest BCUT2D eigenvalue weighted by atomic mass is 35.5. The normalized spacial score (nSPS) is 12.7. The Bertz CT molecular complexity index is 680. The van der Waals surface area contributed by atoms with Crippen molar-refractivity contribution in [2.75, 3.05) is 11.9 Å². The molecule has 0 aliphatic carbocycles. The van der Waals surface area contributed by atoms with E-state index < -0.39 is 0 Å². The maximum Gasteiger partial charge on any atom is 0.228 e. The predicted octanol–water partition coefficient (Wildman–Crippen LogP) is 4.11. The molecular weight excluding hydrogens is 309 g/mol. The summed E-state index contributed by atoms with van der Waals surface area (Å²) in [6, 6.07) is 10.9. The van der Waals surface area contributed by atoms with Gasteiger partial charge in [-0.2, -0.15) is 0 Å². The Kier molecular flexibility index (Phi) is 4.04. The molecule has 0 bridgehead atoms. The highest BCUT2D eigenvalue weighted by molar-refractivity contribution is 6.36. The molecule has 0 radical (unpaired) electrons. The molecule has 0 spiro atoms. The minimum absolute atomic E-state index is 0.145. The Labute approximate surface area is 132 Å². The van der Waals surface area contributed by atoms with Crippen LogP contribution >= 0.6 is 23.2 Å². The number of benzene rings is 2. The Morgan fingerprint density at radius 1 is 1.19 bits per heavy atom. The molecule has 1 aliphatic heterocycles. The summed E-state index contributed by atoms with van der Waals surface area (Å²) in [5.41, 5.74) is 2.51. The first-order valence-corrected chi connectivity index (χ1v) is 7.37. The van der Waals surface area contributed by atoms with E-state index in [-0.39, 0.29) is 12.3 Å². The van der Waals surface area contributed by atoms with Crippen LogP contribution in [0.25, 0.3) is 0 Å². The Balaban J connectivity index is 1.72. The van der Waals surface area contributed by atoms with Gasteiger partial charge in [-0.15, -0.1) is 0 Å².